The van der Waals surface area contributed by atoms with Crippen molar-refractivity contribution >= 4 is 44.1 Å². The van der Waals surface area contributed by atoms with Gasteiger partial charge in [0.1, 0.15) is 5.00 Å². The number of rotatable bonds is 7. The van der Waals surface area contributed by atoms with E-state index in [2.05, 4.69) is 5.32 Å². The lowest BCUT2D eigenvalue weighted by atomic mass is 10.1. The van der Waals surface area contributed by atoms with Gasteiger partial charge in [-0.2, -0.15) is 4.31 Å². The van der Waals surface area contributed by atoms with Crippen LogP contribution in [0.5, 0.6) is 0 Å². The summed E-state index contributed by atoms with van der Waals surface area (Å²) in [5.74, 6) is -1.94. The number of carbonyl (C=O) groups is 3. The molecule has 0 saturated carbocycles. The lowest BCUT2D eigenvalue weighted by Crippen LogP contribution is -2.35. The summed E-state index contributed by atoms with van der Waals surface area (Å²) >= 11 is 1.32. The maximum absolute atomic E-state index is 12.7. The summed E-state index contributed by atoms with van der Waals surface area (Å²) < 4.78 is 31.9. The number of fused-ring (bicyclic) bond motifs is 1. The summed E-state index contributed by atoms with van der Waals surface area (Å²) in [4.78, 5) is 37.6. The van der Waals surface area contributed by atoms with Crippen molar-refractivity contribution in [3.05, 3.63) is 45.8 Å². The van der Waals surface area contributed by atoms with Crippen molar-refractivity contribution in [1.29, 1.82) is 0 Å². The number of hydrogen-bond acceptors (Lipinski definition) is 7. The van der Waals surface area contributed by atoms with E-state index in [9.17, 15) is 22.8 Å². The van der Waals surface area contributed by atoms with Crippen LogP contribution in [-0.2, 0) is 32.4 Å². The van der Waals surface area contributed by atoms with Crippen molar-refractivity contribution < 1.29 is 27.5 Å². The van der Waals surface area contributed by atoms with Gasteiger partial charge in [0.05, 0.1) is 16.0 Å². The number of esters is 1. The third kappa shape index (κ3) is 4.94. The molecule has 11 heteroatoms. The first kappa shape index (κ1) is 23.4. The number of hydrogen-bond donors (Lipinski definition) is 2. The van der Waals surface area contributed by atoms with Gasteiger partial charge in [-0.1, -0.05) is 6.42 Å². The first-order valence-corrected chi connectivity index (χ1v) is 13.0. The van der Waals surface area contributed by atoms with Crippen LogP contribution in [0.4, 0.5) is 5.00 Å². The van der Waals surface area contributed by atoms with Crippen LogP contribution >= 0.6 is 11.3 Å². The number of primary amides is 1. The van der Waals surface area contributed by atoms with E-state index in [0.717, 1.165) is 49.0 Å². The van der Waals surface area contributed by atoms with Gasteiger partial charge in [-0.3, -0.25) is 9.59 Å². The molecule has 1 aromatic carbocycles. The molecule has 3 N–H and O–H groups in total. The minimum absolute atomic E-state index is 0.114. The Morgan fingerprint density at radius 3 is 2.39 bits per heavy atom. The van der Waals surface area contributed by atoms with E-state index in [0.29, 0.717) is 23.7 Å². The molecule has 0 spiro atoms. The summed E-state index contributed by atoms with van der Waals surface area (Å²) in [5.41, 5.74) is 6.83. The summed E-state index contributed by atoms with van der Waals surface area (Å²) in [5, 5.41) is 2.99. The molecule has 0 bridgehead atoms. The summed E-state index contributed by atoms with van der Waals surface area (Å²) in [6, 6.07) is 5.47. The average Bonchev–Trinajstić information content (AvgIpc) is 3.38. The molecule has 0 atom stereocenters. The van der Waals surface area contributed by atoms with Crippen molar-refractivity contribution in [2.75, 3.05) is 25.0 Å². The van der Waals surface area contributed by atoms with Crippen LogP contribution in [0.15, 0.2) is 29.2 Å². The van der Waals surface area contributed by atoms with Gasteiger partial charge in [0.25, 0.3) is 11.8 Å². The lowest BCUT2D eigenvalue weighted by molar-refractivity contribution is -0.119. The van der Waals surface area contributed by atoms with Crippen molar-refractivity contribution in [3.8, 4) is 0 Å². The number of piperidine rings is 1. The molecule has 33 heavy (non-hydrogen) atoms. The maximum atomic E-state index is 12.7. The zero-order valence-corrected chi connectivity index (χ0v) is 19.6. The molecule has 9 nitrogen and oxygen atoms in total. The number of aryl methyl sites for hydroxylation is 1. The number of ether oxygens (including phenoxy) is 1. The zero-order chi connectivity index (χ0) is 23.6. The number of nitrogens with one attached hydrogen (secondary N) is 1. The predicted octanol–water partition coefficient (Wildman–Crippen LogP) is 2.31. The number of amides is 2. The highest BCUT2D eigenvalue weighted by Crippen LogP contribution is 2.38. The van der Waals surface area contributed by atoms with Gasteiger partial charge in [-0.15, -0.1) is 11.3 Å². The Morgan fingerprint density at radius 2 is 1.73 bits per heavy atom. The highest BCUT2D eigenvalue weighted by molar-refractivity contribution is 7.89. The number of benzene rings is 1. The fourth-order valence-corrected chi connectivity index (χ4v) is 6.98. The van der Waals surface area contributed by atoms with E-state index in [-0.39, 0.29) is 10.5 Å². The normalized spacial score (nSPS) is 16.2. The van der Waals surface area contributed by atoms with Gasteiger partial charge in [0, 0.05) is 18.0 Å². The molecular formula is C22H25N3O6S2. The van der Waals surface area contributed by atoms with E-state index in [1.54, 1.807) is 0 Å². The Hall–Kier alpha value is -2.76. The topological polar surface area (TPSA) is 136 Å². The third-order valence-corrected chi connectivity index (χ3v) is 8.92. The SMILES string of the molecule is NC(=O)c1c(NC(=O)COC(=O)c2ccc(S(=O)(=O)N3CCCCC3)cc2)sc2c1CCC2. The monoisotopic (exact) mass is 491 g/mol. The summed E-state index contributed by atoms with van der Waals surface area (Å²) in [6.45, 7) is 0.436. The van der Waals surface area contributed by atoms with Crippen molar-refractivity contribution in [1.82, 2.24) is 4.31 Å². The van der Waals surface area contributed by atoms with Crippen LogP contribution in [0.1, 0.15) is 56.8 Å². The van der Waals surface area contributed by atoms with Gasteiger partial charge < -0.3 is 15.8 Å². The Labute approximate surface area is 196 Å². The molecule has 4 rings (SSSR count). The molecule has 1 fully saturated rings. The average molecular weight is 492 g/mol. The van der Waals surface area contributed by atoms with Crippen LogP contribution in [0.25, 0.3) is 0 Å². The largest absolute Gasteiger partial charge is 0.452 e. The first-order valence-electron chi connectivity index (χ1n) is 10.8. The molecule has 0 radical (unpaired) electrons. The molecule has 176 valence electrons. The maximum Gasteiger partial charge on any atom is 0.338 e. The molecule has 2 aliphatic rings. The zero-order valence-electron chi connectivity index (χ0n) is 18.0. The summed E-state index contributed by atoms with van der Waals surface area (Å²) in [6.07, 6.45) is 5.23. The standard InChI is InChI=1S/C22H25N3O6S2/c23-20(27)19-16-5-4-6-17(16)32-21(19)24-18(26)13-31-22(28)14-7-9-15(10-8-14)33(29,30)25-11-2-1-3-12-25/h7-10H,1-6,11-13H2,(H2,23,27)(H,24,26). The molecule has 1 aliphatic heterocycles. The van der Waals surface area contributed by atoms with Crippen LogP contribution in [0.3, 0.4) is 0 Å². The lowest BCUT2D eigenvalue weighted by Gasteiger charge is -2.25. The Balaban J connectivity index is 1.35. The van der Waals surface area contributed by atoms with Crippen molar-refractivity contribution in [2.24, 2.45) is 5.73 Å². The molecular weight excluding hydrogens is 466 g/mol. The number of nitrogens with two attached hydrogens (primary N) is 1. The van der Waals surface area contributed by atoms with Crippen LogP contribution in [0, 0.1) is 0 Å². The van der Waals surface area contributed by atoms with Crippen LogP contribution in [0.2, 0.25) is 0 Å². The highest BCUT2D eigenvalue weighted by Gasteiger charge is 2.27. The molecule has 0 unspecified atom stereocenters. The highest BCUT2D eigenvalue weighted by atomic mass is 32.2. The van der Waals surface area contributed by atoms with Gasteiger partial charge in [-0.25, -0.2) is 13.2 Å². The number of carbonyl (C=O) groups excluding carboxylic acids is 3. The Morgan fingerprint density at radius 1 is 1.03 bits per heavy atom. The van der Waals surface area contributed by atoms with Gasteiger partial charge in [0.15, 0.2) is 6.61 Å². The number of thiophene rings is 1. The van der Waals surface area contributed by atoms with Crippen molar-refractivity contribution in [2.45, 2.75) is 43.4 Å². The van der Waals surface area contributed by atoms with Gasteiger partial charge >= 0.3 is 5.97 Å². The molecule has 2 amide bonds. The van der Waals surface area contributed by atoms with Crippen LogP contribution in [-0.4, -0.2) is 50.2 Å². The quantitative estimate of drug-likeness (QED) is 0.571. The molecule has 1 saturated heterocycles. The fraction of sp³-hybridized carbons (Fsp3) is 0.409. The summed E-state index contributed by atoms with van der Waals surface area (Å²) in [7, 11) is -3.59. The van der Waals surface area contributed by atoms with Crippen molar-refractivity contribution in [3.63, 3.8) is 0 Å². The molecule has 2 aromatic rings. The van der Waals surface area contributed by atoms with Gasteiger partial charge in [-0.05, 0) is 61.9 Å². The number of anilines is 1. The predicted molar refractivity (Wildman–Crippen MR) is 123 cm³/mol. The number of sulfonamides is 1. The Kier molecular flexibility index (Phi) is 6.82. The number of nitrogens with zero attached hydrogens (tertiary/aromatic N) is 1. The molecule has 1 aromatic heterocycles. The first-order chi connectivity index (χ1) is 15.8. The van der Waals surface area contributed by atoms with E-state index in [4.69, 9.17) is 10.5 Å². The molecule has 1 aliphatic carbocycles. The van der Waals surface area contributed by atoms with E-state index in [1.165, 1.54) is 39.9 Å². The second-order valence-electron chi connectivity index (χ2n) is 8.04. The van der Waals surface area contributed by atoms with E-state index >= 15 is 0 Å². The third-order valence-electron chi connectivity index (χ3n) is 5.80. The Bertz CT molecular complexity index is 1180. The minimum atomic E-state index is -3.59. The van der Waals surface area contributed by atoms with Gasteiger partial charge in [0.2, 0.25) is 10.0 Å². The van der Waals surface area contributed by atoms with E-state index < -0.39 is 34.4 Å². The second-order valence-corrected chi connectivity index (χ2v) is 11.1. The second kappa shape index (κ2) is 9.62. The minimum Gasteiger partial charge on any atom is -0.452 e. The van der Waals surface area contributed by atoms with E-state index in [1.807, 2.05) is 0 Å². The van der Waals surface area contributed by atoms with Crippen LogP contribution < -0.4 is 11.1 Å². The smallest absolute Gasteiger partial charge is 0.338 e. The fourth-order valence-electron chi connectivity index (χ4n) is 4.15. The molecule has 2 heterocycles.